The molecule has 1 aliphatic rings. The summed E-state index contributed by atoms with van der Waals surface area (Å²) in [6.45, 7) is -0.529. The summed E-state index contributed by atoms with van der Waals surface area (Å²) in [5, 5.41) is 25.2. The first kappa shape index (κ1) is 16.2. The molecule has 1 aliphatic carbocycles. The van der Waals surface area contributed by atoms with Crippen LogP contribution in [0.1, 0.15) is 48.2 Å². The molecule has 0 saturated heterocycles. The number of rotatable bonds is 5. The number of carboxylic acids is 1. The van der Waals surface area contributed by atoms with Crippen LogP contribution < -0.4 is 5.32 Å². The van der Waals surface area contributed by atoms with Crippen LogP contribution in [0.25, 0.3) is 5.65 Å². The minimum absolute atomic E-state index is 0.101. The van der Waals surface area contributed by atoms with Crippen LogP contribution in [0.15, 0.2) is 12.4 Å². The van der Waals surface area contributed by atoms with E-state index in [1.165, 1.54) is 30.1 Å². The fraction of sp³-hybridized carbons (Fsp3) is 0.500. The molecule has 2 aromatic rings. The molecule has 0 bridgehead atoms. The van der Waals surface area contributed by atoms with Crippen LogP contribution in [0.4, 0.5) is 0 Å². The average Bonchev–Trinajstić information content (AvgIpc) is 3.03. The van der Waals surface area contributed by atoms with Crippen molar-refractivity contribution < 1.29 is 19.8 Å². The van der Waals surface area contributed by atoms with E-state index in [1.54, 1.807) is 6.07 Å². The first-order chi connectivity index (χ1) is 11.6. The van der Waals surface area contributed by atoms with Gasteiger partial charge in [-0.05, 0) is 18.4 Å². The number of hydrogen-bond acceptors (Lipinski definition) is 5. The van der Waals surface area contributed by atoms with Crippen molar-refractivity contribution in [2.75, 3.05) is 6.54 Å². The van der Waals surface area contributed by atoms with Crippen molar-refractivity contribution in [1.29, 1.82) is 0 Å². The van der Waals surface area contributed by atoms with E-state index in [2.05, 4.69) is 15.4 Å². The van der Waals surface area contributed by atoms with E-state index in [0.29, 0.717) is 11.6 Å². The van der Waals surface area contributed by atoms with Gasteiger partial charge in [-0.2, -0.15) is 5.10 Å². The number of hydrogen-bond donors (Lipinski definition) is 3. The van der Waals surface area contributed by atoms with E-state index in [4.69, 9.17) is 5.11 Å². The summed E-state index contributed by atoms with van der Waals surface area (Å²) in [7, 11) is 0. The number of amides is 1. The Balaban J connectivity index is 1.91. The van der Waals surface area contributed by atoms with E-state index in [1.807, 2.05) is 0 Å². The van der Waals surface area contributed by atoms with Crippen molar-refractivity contribution in [3.8, 4) is 5.75 Å². The quantitative estimate of drug-likeness (QED) is 0.761. The Kier molecular flexibility index (Phi) is 4.64. The van der Waals surface area contributed by atoms with Gasteiger partial charge in [-0.15, -0.1) is 0 Å². The number of fused-ring (bicyclic) bond motifs is 1. The third kappa shape index (κ3) is 3.32. The predicted molar refractivity (Wildman–Crippen MR) is 84.9 cm³/mol. The van der Waals surface area contributed by atoms with Crippen LogP contribution in [-0.4, -0.2) is 43.2 Å². The molecule has 1 amide bonds. The molecule has 128 valence electrons. The number of aromatic nitrogens is 3. The summed E-state index contributed by atoms with van der Waals surface area (Å²) in [5.74, 6) is -1.53. The molecule has 0 radical (unpaired) electrons. The Morgan fingerprint density at radius 1 is 1.29 bits per heavy atom. The van der Waals surface area contributed by atoms with Crippen LogP contribution in [-0.2, 0) is 11.2 Å². The maximum atomic E-state index is 12.2. The molecule has 0 aromatic carbocycles. The predicted octanol–water partition coefficient (Wildman–Crippen LogP) is 1.37. The van der Waals surface area contributed by atoms with Crippen molar-refractivity contribution in [2.24, 2.45) is 5.92 Å². The zero-order valence-corrected chi connectivity index (χ0v) is 13.2. The van der Waals surface area contributed by atoms with Gasteiger partial charge < -0.3 is 15.5 Å². The number of nitrogens with one attached hydrogen (secondary N) is 1. The number of aromatic hydroxyl groups is 1. The smallest absolute Gasteiger partial charge is 0.322 e. The molecular formula is C16H20N4O4. The molecule has 2 aromatic heterocycles. The molecule has 8 nitrogen and oxygen atoms in total. The molecule has 2 heterocycles. The lowest BCUT2D eigenvalue weighted by atomic mass is 9.85. The van der Waals surface area contributed by atoms with Crippen LogP contribution in [0.3, 0.4) is 0 Å². The maximum absolute atomic E-state index is 12.2. The summed E-state index contributed by atoms with van der Waals surface area (Å²) >= 11 is 0. The molecule has 3 N–H and O–H groups in total. The summed E-state index contributed by atoms with van der Waals surface area (Å²) in [5.41, 5.74) is 1.28. The Hall–Kier alpha value is -2.64. The molecule has 0 unspecified atom stereocenters. The van der Waals surface area contributed by atoms with Crippen molar-refractivity contribution in [1.82, 2.24) is 19.9 Å². The Morgan fingerprint density at radius 2 is 2.04 bits per heavy atom. The molecule has 24 heavy (non-hydrogen) atoms. The Bertz CT molecular complexity index is 765. The lowest BCUT2D eigenvalue weighted by Crippen LogP contribution is -2.31. The molecule has 1 saturated carbocycles. The van der Waals surface area contributed by atoms with Gasteiger partial charge >= 0.3 is 5.97 Å². The second-order valence-electron chi connectivity index (χ2n) is 6.18. The normalized spacial score (nSPS) is 15.5. The van der Waals surface area contributed by atoms with E-state index in [9.17, 15) is 14.7 Å². The highest BCUT2D eigenvalue weighted by atomic mass is 16.4. The number of pyridine rings is 1. The fourth-order valence-corrected chi connectivity index (χ4v) is 3.34. The number of carbonyl (C=O) groups excluding carboxylic acids is 1. The molecule has 0 aliphatic heterocycles. The van der Waals surface area contributed by atoms with Gasteiger partial charge in [0.2, 0.25) is 0 Å². The van der Waals surface area contributed by atoms with Gasteiger partial charge in [0.1, 0.15) is 18.6 Å². The Labute approximate surface area is 138 Å². The average molecular weight is 332 g/mol. The van der Waals surface area contributed by atoms with Gasteiger partial charge in [0.05, 0.1) is 0 Å². The van der Waals surface area contributed by atoms with Gasteiger partial charge in [0, 0.05) is 5.56 Å². The monoisotopic (exact) mass is 332 g/mol. The van der Waals surface area contributed by atoms with Crippen LogP contribution in [0.2, 0.25) is 0 Å². The summed E-state index contributed by atoms with van der Waals surface area (Å²) in [6, 6.07) is 1.55. The molecule has 8 heteroatoms. The number of carbonyl (C=O) groups is 2. The van der Waals surface area contributed by atoms with E-state index in [0.717, 1.165) is 24.8 Å². The molecule has 0 spiro atoms. The third-order valence-electron chi connectivity index (χ3n) is 4.45. The number of nitrogens with zero attached hydrogens (tertiary/aromatic N) is 3. The van der Waals surface area contributed by atoms with Crippen molar-refractivity contribution in [3.05, 3.63) is 23.7 Å². The minimum atomic E-state index is -1.16. The molecule has 0 atom stereocenters. The standard InChI is InChI=1S/C16H20N4O4/c21-12-7-11(6-10-4-2-1-3-5-10)15-18-9-19-20(15)14(12)16(24)17-8-13(22)23/h7,9-10,21H,1-6,8H2,(H,17,24)(H,22,23). The van der Waals surface area contributed by atoms with Crippen molar-refractivity contribution in [2.45, 2.75) is 38.5 Å². The zero-order valence-electron chi connectivity index (χ0n) is 13.2. The second-order valence-corrected chi connectivity index (χ2v) is 6.18. The topological polar surface area (TPSA) is 117 Å². The SMILES string of the molecule is O=C(O)CNC(=O)c1c(O)cc(CC2CCCCC2)c2ncnn12. The number of carboxylic acid groups (broad SMARTS) is 1. The van der Waals surface area contributed by atoms with Gasteiger partial charge in [0.25, 0.3) is 5.91 Å². The van der Waals surface area contributed by atoms with E-state index in [-0.39, 0.29) is 11.4 Å². The highest BCUT2D eigenvalue weighted by Gasteiger charge is 2.22. The fourth-order valence-electron chi connectivity index (χ4n) is 3.34. The summed E-state index contributed by atoms with van der Waals surface area (Å²) < 4.78 is 1.28. The van der Waals surface area contributed by atoms with Crippen molar-refractivity contribution in [3.63, 3.8) is 0 Å². The maximum Gasteiger partial charge on any atom is 0.322 e. The van der Waals surface area contributed by atoms with Crippen LogP contribution in [0.5, 0.6) is 5.75 Å². The van der Waals surface area contributed by atoms with Crippen molar-refractivity contribution >= 4 is 17.5 Å². The minimum Gasteiger partial charge on any atom is -0.505 e. The largest absolute Gasteiger partial charge is 0.505 e. The van der Waals surface area contributed by atoms with Gasteiger partial charge in [-0.25, -0.2) is 9.50 Å². The molecule has 3 rings (SSSR count). The van der Waals surface area contributed by atoms with E-state index < -0.39 is 18.4 Å². The third-order valence-corrected chi connectivity index (χ3v) is 4.45. The summed E-state index contributed by atoms with van der Waals surface area (Å²) in [6.07, 6.45) is 8.12. The zero-order chi connectivity index (χ0) is 17.1. The lowest BCUT2D eigenvalue weighted by molar-refractivity contribution is -0.135. The van der Waals surface area contributed by atoms with Crippen LogP contribution >= 0.6 is 0 Å². The molecular weight excluding hydrogens is 312 g/mol. The van der Waals surface area contributed by atoms with Gasteiger partial charge in [-0.3, -0.25) is 9.59 Å². The molecule has 1 fully saturated rings. The van der Waals surface area contributed by atoms with E-state index >= 15 is 0 Å². The first-order valence-corrected chi connectivity index (χ1v) is 8.11. The first-order valence-electron chi connectivity index (χ1n) is 8.11. The highest BCUT2D eigenvalue weighted by Crippen LogP contribution is 2.30. The lowest BCUT2D eigenvalue weighted by Gasteiger charge is -2.22. The van der Waals surface area contributed by atoms with Gasteiger partial charge in [-0.1, -0.05) is 32.1 Å². The highest BCUT2D eigenvalue weighted by molar-refractivity contribution is 5.97. The van der Waals surface area contributed by atoms with Gasteiger partial charge in [0.15, 0.2) is 11.3 Å². The van der Waals surface area contributed by atoms with Crippen LogP contribution in [0, 0.1) is 5.92 Å². The summed E-state index contributed by atoms with van der Waals surface area (Å²) in [4.78, 5) is 27.0. The Morgan fingerprint density at radius 3 is 2.75 bits per heavy atom. The number of aliphatic carboxylic acids is 1. The second kappa shape index (κ2) is 6.86.